The summed E-state index contributed by atoms with van der Waals surface area (Å²) in [7, 11) is 0. The molecule has 0 aromatic heterocycles. The summed E-state index contributed by atoms with van der Waals surface area (Å²) in [5, 5.41) is 8.86. The highest BCUT2D eigenvalue weighted by atomic mass is 16.5. The summed E-state index contributed by atoms with van der Waals surface area (Å²) >= 11 is 0. The van der Waals surface area contributed by atoms with E-state index in [4.69, 9.17) is 9.84 Å². The molecule has 0 bridgehead atoms. The van der Waals surface area contributed by atoms with Crippen LogP contribution in [0.2, 0.25) is 0 Å². The molecule has 0 aromatic rings. The highest BCUT2D eigenvalue weighted by molar-refractivity contribution is 6.35. The summed E-state index contributed by atoms with van der Waals surface area (Å²) in [6, 6.07) is 0.00715. The molecule has 0 aliphatic carbocycles. The zero-order valence-corrected chi connectivity index (χ0v) is 11.7. The van der Waals surface area contributed by atoms with Crippen LogP contribution in [0.1, 0.15) is 26.7 Å². The van der Waals surface area contributed by atoms with Crippen LogP contribution in [0.5, 0.6) is 0 Å². The van der Waals surface area contributed by atoms with Gasteiger partial charge in [-0.15, -0.1) is 0 Å². The van der Waals surface area contributed by atoms with E-state index >= 15 is 0 Å². The van der Waals surface area contributed by atoms with Crippen molar-refractivity contribution in [1.29, 1.82) is 0 Å². The second-order valence-electron chi connectivity index (χ2n) is 5.51. The van der Waals surface area contributed by atoms with Crippen molar-refractivity contribution in [2.24, 2.45) is 0 Å². The number of aliphatic carboxylic acids is 1. The Morgan fingerprint density at radius 3 is 2.55 bits per heavy atom. The number of carboxylic acid groups (broad SMARTS) is 1. The Hall–Kier alpha value is -1.63. The Kier molecular flexibility index (Phi) is 4.27. The van der Waals surface area contributed by atoms with Gasteiger partial charge in [0.15, 0.2) is 6.10 Å². The standard InChI is InChI=1S/C13H20N2O5/c1-8(2)15-6-5-14(11(16)12(15)17)7-9-3-4-10(20-9)13(18)19/h8-10H,3-7H2,1-2H3,(H,18,19). The zero-order chi connectivity index (χ0) is 14.9. The fourth-order valence-corrected chi connectivity index (χ4v) is 2.62. The normalized spacial score (nSPS) is 27.6. The maximum Gasteiger partial charge on any atom is 0.332 e. The third-order valence-corrected chi connectivity index (χ3v) is 3.77. The molecule has 2 rings (SSSR count). The number of nitrogens with zero attached hydrogens (tertiary/aromatic N) is 2. The summed E-state index contributed by atoms with van der Waals surface area (Å²) in [6.45, 7) is 5.02. The van der Waals surface area contributed by atoms with E-state index in [1.165, 1.54) is 4.90 Å². The van der Waals surface area contributed by atoms with E-state index in [1.54, 1.807) is 4.90 Å². The van der Waals surface area contributed by atoms with E-state index in [2.05, 4.69) is 0 Å². The average Bonchev–Trinajstić information content (AvgIpc) is 2.83. The van der Waals surface area contributed by atoms with Gasteiger partial charge in [0.1, 0.15) is 0 Å². The molecule has 2 amide bonds. The molecule has 7 heteroatoms. The van der Waals surface area contributed by atoms with Crippen LogP contribution >= 0.6 is 0 Å². The topological polar surface area (TPSA) is 87.2 Å². The number of amides is 2. The number of carbonyl (C=O) groups is 3. The molecule has 2 aliphatic heterocycles. The highest BCUT2D eigenvalue weighted by Crippen LogP contribution is 2.21. The lowest BCUT2D eigenvalue weighted by molar-refractivity contribution is -0.159. The third-order valence-electron chi connectivity index (χ3n) is 3.77. The van der Waals surface area contributed by atoms with Gasteiger partial charge in [0, 0.05) is 25.7 Å². The lowest BCUT2D eigenvalue weighted by Crippen LogP contribution is -2.57. The van der Waals surface area contributed by atoms with Gasteiger partial charge >= 0.3 is 17.8 Å². The summed E-state index contributed by atoms with van der Waals surface area (Å²) in [5.41, 5.74) is 0. The molecule has 2 unspecified atom stereocenters. The molecule has 0 spiro atoms. The SMILES string of the molecule is CC(C)N1CCN(CC2CCC(C(=O)O)O2)C(=O)C1=O. The van der Waals surface area contributed by atoms with Crippen LogP contribution in [0.15, 0.2) is 0 Å². The summed E-state index contributed by atoms with van der Waals surface area (Å²) in [5.74, 6) is -1.98. The van der Waals surface area contributed by atoms with Crippen molar-refractivity contribution in [2.45, 2.75) is 44.9 Å². The summed E-state index contributed by atoms with van der Waals surface area (Å²) < 4.78 is 5.37. The molecule has 2 fully saturated rings. The maximum absolute atomic E-state index is 12.0. The van der Waals surface area contributed by atoms with Gasteiger partial charge in [0.05, 0.1) is 6.10 Å². The van der Waals surface area contributed by atoms with Crippen LogP contribution in [-0.2, 0) is 19.1 Å². The fraction of sp³-hybridized carbons (Fsp3) is 0.769. The number of carboxylic acids is 1. The first kappa shape index (κ1) is 14.8. The zero-order valence-electron chi connectivity index (χ0n) is 11.7. The lowest BCUT2D eigenvalue weighted by Gasteiger charge is -2.36. The van der Waals surface area contributed by atoms with E-state index in [0.29, 0.717) is 32.5 Å². The Morgan fingerprint density at radius 2 is 2.00 bits per heavy atom. The van der Waals surface area contributed by atoms with Gasteiger partial charge in [-0.3, -0.25) is 9.59 Å². The Labute approximate surface area is 117 Å². The first-order chi connectivity index (χ1) is 9.40. The Balaban J connectivity index is 1.91. The first-order valence-electron chi connectivity index (χ1n) is 6.88. The largest absolute Gasteiger partial charge is 0.479 e. The number of hydrogen-bond acceptors (Lipinski definition) is 4. The number of rotatable bonds is 4. The van der Waals surface area contributed by atoms with E-state index in [0.717, 1.165) is 0 Å². The van der Waals surface area contributed by atoms with E-state index in [-0.39, 0.29) is 12.1 Å². The summed E-state index contributed by atoms with van der Waals surface area (Å²) in [6.07, 6.45) is -0.0297. The predicted molar refractivity (Wildman–Crippen MR) is 69.0 cm³/mol. The van der Waals surface area contributed by atoms with Crippen molar-refractivity contribution in [2.75, 3.05) is 19.6 Å². The number of hydrogen-bond donors (Lipinski definition) is 1. The van der Waals surface area contributed by atoms with Crippen molar-refractivity contribution in [1.82, 2.24) is 9.80 Å². The minimum Gasteiger partial charge on any atom is -0.479 e. The van der Waals surface area contributed by atoms with Gasteiger partial charge in [-0.25, -0.2) is 4.79 Å². The van der Waals surface area contributed by atoms with Gasteiger partial charge in [0.2, 0.25) is 0 Å². The molecule has 0 radical (unpaired) electrons. The first-order valence-corrected chi connectivity index (χ1v) is 6.88. The molecular weight excluding hydrogens is 264 g/mol. The van der Waals surface area contributed by atoms with Gasteiger partial charge in [0.25, 0.3) is 0 Å². The van der Waals surface area contributed by atoms with Crippen molar-refractivity contribution < 1.29 is 24.2 Å². The molecule has 112 valence electrons. The maximum atomic E-state index is 12.0. The van der Waals surface area contributed by atoms with Crippen LogP contribution in [0.25, 0.3) is 0 Å². The van der Waals surface area contributed by atoms with Gasteiger partial charge in [-0.05, 0) is 26.7 Å². The molecular formula is C13H20N2O5. The molecule has 7 nitrogen and oxygen atoms in total. The minimum atomic E-state index is -0.973. The van der Waals surface area contributed by atoms with Crippen molar-refractivity contribution in [3.05, 3.63) is 0 Å². The molecule has 2 saturated heterocycles. The van der Waals surface area contributed by atoms with E-state index in [9.17, 15) is 14.4 Å². The minimum absolute atomic E-state index is 0.00715. The van der Waals surface area contributed by atoms with Crippen LogP contribution in [0, 0.1) is 0 Å². The third kappa shape index (κ3) is 2.92. The van der Waals surface area contributed by atoms with Crippen LogP contribution in [-0.4, -0.2) is 70.6 Å². The van der Waals surface area contributed by atoms with Crippen LogP contribution in [0.4, 0.5) is 0 Å². The van der Waals surface area contributed by atoms with Crippen LogP contribution < -0.4 is 0 Å². The second kappa shape index (κ2) is 5.78. The highest BCUT2D eigenvalue weighted by Gasteiger charge is 2.37. The molecule has 0 saturated carbocycles. The summed E-state index contributed by atoms with van der Waals surface area (Å²) in [4.78, 5) is 37.8. The molecule has 2 atom stereocenters. The van der Waals surface area contributed by atoms with Crippen molar-refractivity contribution in [3.63, 3.8) is 0 Å². The Morgan fingerprint density at radius 1 is 1.30 bits per heavy atom. The molecule has 1 N–H and O–H groups in total. The Bertz CT molecular complexity index is 423. The van der Waals surface area contributed by atoms with Gasteiger partial charge < -0.3 is 19.6 Å². The number of ether oxygens (including phenoxy) is 1. The molecule has 2 aliphatic rings. The van der Waals surface area contributed by atoms with E-state index in [1.807, 2.05) is 13.8 Å². The quantitative estimate of drug-likeness (QED) is 0.716. The van der Waals surface area contributed by atoms with Gasteiger partial charge in [-0.2, -0.15) is 0 Å². The predicted octanol–water partition coefficient (Wildman–Crippen LogP) is -0.302. The molecule has 20 heavy (non-hydrogen) atoms. The average molecular weight is 284 g/mol. The lowest BCUT2D eigenvalue weighted by atomic mass is 10.1. The molecule has 2 heterocycles. The molecule has 0 aromatic carbocycles. The van der Waals surface area contributed by atoms with Crippen molar-refractivity contribution >= 4 is 17.8 Å². The van der Waals surface area contributed by atoms with Gasteiger partial charge in [-0.1, -0.05) is 0 Å². The smallest absolute Gasteiger partial charge is 0.332 e. The van der Waals surface area contributed by atoms with E-state index < -0.39 is 23.9 Å². The fourth-order valence-electron chi connectivity index (χ4n) is 2.62. The number of carbonyl (C=O) groups excluding carboxylic acids is 2. The monoisotopic (exact) mass is 284 g/mol. The number of piperazine rings is 1. The second-order valence-corrected chi connectivity index (χ2v) is 5.51. The van der Waals surface area contributed by atoms with Crippen molar-refractivity contribution in [3.8, 4) is 0 Å². The van der Waals surface area contributed by atoms with Crippen LogP contribution in [0.3, 0.4) is 0 Å².